The third-order valence-electron chi connectivity index (χ3n) is 4.34. The highest BCUT2D eigenvalue weighted by molar-refractivity contribution is 6.31. The second-order valence-corrected chi connectivity index (χ2v) is 6.18. The first kappa shape index (κ1) is 14.3. The summed E-state index contributed by atoms with van der Waals surface area (Å²) in [5.41, 5.74) is 2.63. The lowest BCUT2D eigenvalue weighted by Crippen LogP contribution is -2.42. The molecule has 0 amide bonds. The molecule has 1 aromatic rings. The summed E-state index contributed by atoms with van der Waals surface area (Å²) in [6.45, 7) is 7.17. The van der Waals surface area contributed by atoms with E-state index in [9.17, 15) is 0 Å². The summed E-state index contributed by atoms with van der Waals surface area (Å²) < 4.78 is 5.43. The monoisotopic (exact) mass is 294 g/mol. The second kappa shape index (κ2) is 6.90. The van der Waals surface area contributed by atoms with Gasteiger partial charge in [0, 0.05) is 51.0 Å². The van der Waals surface area contributed by atoms with Crippen molar-refractivity contribution in [2.75, 3.05) is 39.4 Å². The smallest absolute Gasteiger partial charge is 0.0471 e. The third-order valence-corrected chi connectivity index (χ3v) is 4.67. The molecule has 3 nitrogen and oxygen atoms in total. The number of nitrogens with one attached hydrogen (secondary N) is 1. The Morgan fingerprint density at radius 2 is 1.95 bits per heavy atom. The minimum absolute atomic E-state index is 0.574. The number of hydrogen-bond acceptors (Lipinski definition) is 3. The Balaban J connectivity index is 1.66. The lowest BCUT2D eigenvalue weighted by molar-refractivity contribution is 0.0853. The number of rotatable bonds is 3. The molecule has 2 aliphatic heterocycles. The van der Waals surface area contributed by atoms with Gasteiger partial charge in [0.05, 0.1) is 0 Å². The molecular formula is C16H23ClN2O. The molecule has 0 unspecified atom stereocenters. The van der Waals surface area contributed by atoms with Gasteiger partial charge in [0.25, 0.3) is 0 Å². The highest BCUT2D eigenvalue weighted by atomic mass is 35.5. The lowest BCUT2D eigenvalue weighted by Gasteiger charge is -2.28. The van der Waals surface area contributed by atoms with Crippen LogP contribution in [0.15, 0.2) is 18.2 Å². The lowest BCUT2D eigenvalue weighted by atomic mass is 9.91. The predicted molar refractivity (Wildman–Crippen MR) is 82.4 cm³/mol. The van der Waals surface area contributed by atoms with Gasteiger partial charge in [-0.25, -0.2) is 0 Å². The third kappa shape index (κ3) is 3.53. The van der Waals surface area contributed by atoms with Crippen LogP contribution in [0.4, 0.5) is 0 Å². The summed E-state index contributed by atoms with van der Waals surface area (Å²) in [4.78, 5) is 2.48. The van der Waals surface area contributed by atoms with E-state index in [-0.39, 0.29) is 0 Å². The maximum Gasteiger partial charge on any atom is 0.0471 e. The van der Waals surface area contributed by atoms with Crippen LogP contribution in [0.3, 0.4) is 0 Å². The van der Waals surface area contributed by atoms with Crippen LogP contribution in [0.2, 0.25) is 5.02 Å². The maximum atomic E-state index is 6.51. The molecule has 0 radical (unpaired) electrons. The molecule has 4 heteroatoms. The fourth-order valence-electron chi connectivity index (χ4n) is 3.14. The zero-order valence-corrected chi connectivity index (χ0v) is 12.7. The van der Waals surface area contributed by atoms with Gasteiger partial charge < -0.3 is 10.1 Å². The predicted octanol–water partition coefficient (Wildman–Crippen LogP) is 2.64. The Hall–Kier alpha value is -0.610. The molecule has 1 aromatic carbocycles. The van der Waals surface area contributed by atoms with Gasteiger partial charge in [-0.2, -0.15) is 0 Å². The fraction of sp³-hybridized carbons (Fsp3) is 0.625. The maximum absolute atomic E-state index is 6.51. The van der Waals surface area contributed by atoms with Crippen molar-refractivity contribution in [3.63, 3.8) is 0 Å². The van der Waals surface area contributed by atoms with Crippen LogP contribution in [0, 0.1) is 0 Å². The topological polar surface area (TPSA) is 24.5 Å². The van der Waals surface area contributed by atoms with E-state index in [1.54, 1.807) is 0 Å². The summed E-state index contributed by atoms with van der Waals surface area (Å²) >= 11 is 6.51. The SMILES string of the molecule is Clc1cc(CN2CCNCC2)ccc1C1CCOCC1. The molecule has 2 saturated heterocycles. The largest absolute Gasteiger partial charge is 0.381 e. The van der Waals surface area contributed by atoms with E-state index in [0.717, 1.165) is 63.8 Å². The molecule has 3 rings (SSSR count). The molecule has 0 atom stereocenters. The molecule has 2 fully saturated rings. The van der Waals surface area contributed by atoms with Gasteiger partial charge >= 0.3 is 0 Å². The fourth-order valence-corrected chi connectivity index (χ4v) is 3.49. The van der Waals surface area contributed by atoms with Crippen LogP contribution >= 0.6 is 11.6 Å². The number of piperazine rings is 1. The van der Waals surface area contributed by atoms with Crippen molar-refractivity contribution in [3.8, 4) is 0 Å². The molecular weight excluding hydrogens is 272 g/mol. The number of benzene rings is 1. The first-order valence-corrected chi connectivity index (χ1v) is 8.00. The Morgan fingerprint density at radius 3 is 2.65 bits per heavy atom. The van der Waals surface area contributed by atoms with Gasteiger partial charge in [-0.15, -0.1) is 0 Å². The average Bonchev–Trinajstić information content (AvgIpc) is 2.49. The second-order valence-electron chi connectivity index (χ2n) is 5.77. The van der Waals surface area contributed by atoms with Crippen molar-refractivity contribution in [2.45, 2.75) is 25.3 Å². The Bertz CT molecular complexity index is 440. The van der Waals surface area contributed by atoms with Gasteiger partial charge in [0.15, 0.2) is 0 Å². The zero-order valence-electron chi connectivity index (χ0n) is 11.9. The highest BCUT2D eigenvalue weighted by Gasteiger charge is 2.19. The summed E-state index contributed by atoms with van der Waals surface area (Å²) in [5.74, 6) is 0.574. The first-order valence-electron chi connectivity index (χ1n) is 7.62. The van der Waals surface area contributed by atoms with E-state index >= 15 is 0 Å². The zero-order chi connectivity index (χ0) is 13.8. The van der Waals surface area contributed by atoms with E-state index in [2.05, 4.69) is 28.4 Å². The summed E-state index contributed by atoms with van der Waals surface area (Å²) in [6.07, 6.45) is 2.19. The standard InChI is InChI=1S/C16H23ClN2O/c17-16-11-13(12-19-7-5-18-6-8-19)1-2-15(16)14-3-9-20-10-4-14/h1-2,11,14,18H,3-10,12H2. The van der Waals surface area contributed by atoms with Crippen molar-refractivity contribution >= 4 is 11.6 Å². The van der Waals surface area contributed by atoms with Crippen LogP contribution in [-0.4, -0.2) is 44.3 Å². The van der Waals surface area contributed by atoms with Crippen molar-refractivity contribution < 1.29 is 4.74 Å². The van der Waals surface area contributed by atoms with Crippen molar-refractivity contribution in [2.24, 2.45) is 0 Å². The van der Waals surface area contributed by atoms with E-state index in [4.69, 9.17) is 16.3 Å². The van der Waals surface area contributed by atoms with Gasteiger partial charge in [-0.1, -0.05) is 23.7 Å². The van der Waals surface area contributed by atoms with Gasteiger partial charge in [-0.3, -0.25) is 4.90 Å². The Morgan fingerprint density at radius 1 is 1.20 bits per heavy atom. The normalized spacial score (nSPS) is 22.1. The molecule has 0 aliphatic carbocycles. The van der Waals surface area contributed by atoms with Gasteiger partial charge in [-0.05, 0) is 36.0 Å². The number of hydrogen-bond donors (Lipinski definition) is 1. The van der Waals surface area contributed by atoms with Crippen molar-refractivity contribution in [1.29, 1.82) is 0 Å². The minimum atomic E-state index is 0.574. The molecule has 0 saturated carbocycles. The Kier molecular flexibility index (Phi) is 4.94. The molecule has 2 aliphatic rings. The van der Waals surface area contributed by atoms with Gasteiger partial charge in [0.2, 0.25) is 0 Å². The number of halogens is 1. The van der Waals surface area contributed by atoms with E-state index in [1.807, 2.05) is 0 Å². The average molecular weight is 295 g/mol. The van der Waals surface area contributed by atoms with Crippen molar-refractivity contribution in [1.82, 2.24) is 10.2 Å². The summed E-state index contributed by atoms with van der Waals surface area (Å²) in [7, 11) is 0. The molecule has 0 bridgehead atoms. The van der Waals surface area contributed by atoms with E-state index in [0.29, 0.717) is 5.92 Å². The van der Waals surface area contributed by atoms with Crippen molar-refractivity contribution in [3.05, 3.63) is 34.3 Å². The van der Waals surface area contributed by atoms with Crippen LogP contribution in [-0.2, 0) is 11.3 Å². The first-order chi connectivity index (χ1) is 9.83. The van der Waals surface area contributed by atoms with Crippen LogP contribution in [0.1, 0.15) is 29.9 Å². The quantitative estimate of drug-likeness (QED) is 0.927. The minimum Gasteiger partial charge on any atom is -0.381 e. The molecule has 20 heavy (non-hydrogen) atoms. The Labute approximate surface area is 126 Å². The number of ether oxygens (including phenoxy) is 1. The highest BCUT2D eigenvalue weighted by Crippen LogP contribution is 2.32. The molecule has 1 N–H and O–H groups in total. The summed E-state index contributed by atoms with van der Waals surface area (Å²) in [6, 6.07) is 6.64. The van der Waals surface area contributed by atoms with Crippen LogP contribution in [0.5, 0.6) is 0 Å². The molecule has 2 heterocycles. The van der Waals surface area contributed by atoms with E-state index < -0.39 is 0 Å². The van der Waals surface area contributed by atoms with Crippen LogP contribution < -0.4 is 5.32 Å². The molecule has 0 aromatic heterocycles. The molecule has 0 spiro atoms. The van der Waals surface area contributed by atoms with Gasteiger partial charge in [0.1, 0.15) is 0 Å². The summed E-state index contributed by atoms with van der Waals surface area (Å²) in [5, 5.41) is 4.32. The van der Waals surface area contributed by atoms with Crippen LogP contribution in [0.25, 0.3) is 0 Å². The molecule has 110 valence electrons. The van der Waals surface area contributed by atoms with E-state index in [1.165, 1.54) is 11.1 Å². The number of nitrogens with zero attached hydrogens (tertiary/aromatic N) is 1.